The van der Waals surface area contributed by atoms with Crippen LogP contribution in [0.1, 0.15) is 86.7 Å². The minimum atomic E-state index is -0.890. The second-order valence-electron chi connectivity index (χ2n) is 18.0. The number of aryl methyl sites for hydroxylation is 1. The summed E-state index contributed by atoms with van der Waals surface area (Å²) in [5.41, 5.74) is 16.4. The molecule has 7 heteroatoms. The van der Waals surface area contributed by atoms with Gasteiger partial charge < -0.3 is 9.13 Å². The summed E-state index contributed by atoms with van der Waals surface area (Å²) in [5.74, 6) is 0.304. The van der Waals surface area contributed by atoms with Crippen molar-refractivity contribution >= 4 is 0 Å². The number of hydrogen-bond donors (Lipinski definition) is 0. The maximum Gasteiger partial charge on any atom is 0.204 e. The first-order valence-electron chi connectivity index (χ1n) is 22.6. The molecule has 5 aromatic heterocycles. The van der Waals surface area contributed by atoms with Crippen LogP contribution < -0.4 is 4.57 Å². The van der Waals surface area contributed by atoms with E-state index in [0.717, 1.165) is 95.1 Å². The van der Waals surface area contributed by atoms with Gasteiger partial charge in [0.25, 0.3) is 0 Å². The number of rotatable bonds is 7. The van der Waals surface area contributed by atoms with Crippen LogP contribution in [-0.2, 0) is 44.5 Å². The fourth-order valence-corrected chi connectivity index (χ4v) is 11.7. The summed E-state index contributed by atoms with van der Waals surface area (Å²) in [7, 11) is 2.02. The Labute approximate surface area is 405 Å². The van der Waals surface area contributed by atoms with Crippen molar-refractivity contribution in [3.63, 3.8) is 0 Å². The Hall–Kier alpha value is -7.40. The molecule has 0 bridgehead atoms. The standard InChI is InChI=1S/C60H42N6.Pt/c1-39(2)40-28-32-61-54(35-40)59(49-23-8-5-20-46(49)56-52(59)26-13-30-63-56)43-17-10-15-41(36-43)58(48-22-7-4-19-45(48)55-51(58)25-12-29-62-55)42-16-11-18-44(37-42)60(66-34-33-65(3)38-66)50-24-9-6-21-47(50)57-53(60)27-14-31-64-57;/h4-35,39H,1-3H3;/q-2;. The Morgan fingerprint density at radius 1 is 0.478 bits per heavy atom. The van der Waals surface area contributed by atoms with E-state index in [9.17, 15) is 0 Å². The summed E-state index contributed by atoms with van der Waals surface area (Å²) in [4.78, 5) is 20.5. The number of aromatic nitrogens is 6. The third-order valence-electron chi connectivity index (χ3n) is 14.5. The maximum atomic E-state index is 5.28. The van der Waals surface area contributed by atoms with Crippen LogP contribution in [0.2, 0.25) is 0 Å². The van der Waals surface area contributed by atoms with Crippen LogP contribution in [0.3, 0.4) is 0 Å². The summed E-state index contributed by atoms with van der Waals surface area (Å²) in [6.07, 6.45) is 15.5. The van der Waals surface area contributed by atoms with E-state index in [1.54, 1.807) is 0 Å². The molecule has 10 aromatic rings. The molecule has 67 heavy (non-hydrogen) atoms. The van der Waals surface area contributed by atoms with Crippen molar-refractivity contribution in [2.75, 3.05) is 0 Å². The zero-order chi connectivity index (χ0) is 44.2. The van der Waals surface area contributed by atoms with Gasteiger partial charge in [0.05, 0.1) is 35.2 Å². The van der Waals surface area contributed by atoms with Crippen molar-refractivity contribution < 1.29 is 25.6 Å². The molecule has 0 fully saturated rings. The number of benzene rings is 5. The zero-order valence-corrected chi connectivity index (χ0v) is 39.3. The molecular weight excluding hydrogens is 1000 g/mol. The van der Waals surface area contributed by atoms with Crippen LogP contribution in [0.25, 0.3) is 33.8 Å². The summed E-state index contributed by atoms with van der Waals surface area (Å²) in [6, 6.07) is 65.2. The van der Waals surface area contributed by atoms with Crippen LogP contribution >= 0.6 is 0 Å². The van der Waals surface area contributed by atoms with Gasteiger partial charge in [-0.15, -0.1) is 22.3 Å². The van der Waals surface area contributed by atoms with Crippen LogP contribution in [0.15, 0.2) is 195 Å². The van der Waals surface area contributed by atoms with Gasteiger partial charge >= 0.3 is 0 Å². The molecule has 13 rings (SSSR count). The Morgan fingerprint density at radius 3 is 1.55 bits per heavy atom. The van der Waals surface area contributed by atoms with E-state index in [0.29, 0.717) is 5.92 Å². The van der Waals surface area contributed by atoms with Gasteiger partial charge in [0.1, 0.15) is 5.54 Å². The molecule has 3 atom stereocenters. The SMILES string of the molecule is CC(C)c1ccnc(C2(c3[c-]c(C4(c5[c-]c(C6(n7[c-][n+](C)cc7)c7ccccc7-c7ncccc76)ccc5)c5ccccc5-c5ncccc54)ccc3)c3ccccc3-c3ncccc32)c1.[Pt]. The molecule has 0 radical (unpaired) electrons. The van der Waals surface area contributed by atoms with Gasteiger partial charge in [0.2, 0.25) is 6.33 Å². The average Bonchev–Trinajstić information content (AvgIpc) is 4.11. The molecule has 0 N–H and O–H groups in total. The van der Waals surface area contributed by atoms with E-state index in [4.69, 9.17) is 19.9 Å². The second kappa shape index (κ2) is 15.3. The van der Waals surface area contributed by atoms with Crippen LogP contribution in [0, 0.1) is 18.5 Å². The van der Waals surface area contributed by atoms with Gasteiger partial charge in [-0.3, -0.25) is 19.9 Å². The van der Waals surface area contributed by atoms with Crippen molar-refractivity contribution in [3.05, 3.63) is 280 Å². The first kappa shape index (κ1) is 41.1. The fraction of sp³-hybridized carbons (Fsp3) is 0.117. The van der Waals surface area contributed by atoms with E-state index in [-0.39, 0.29) is 21.1 Å². The number of pyridine rings is 4. The number of nitrogens with zero attached hydrogens (tertiary/aromatic N) is 6. The second-order valence-corrected chi connectivity index (χ2v) is 18.0. The first-order chi connectivity index (χ1) is 32.5. The molecule has 0 saturated carbocycles. The van der Waals surface area contributed by atoms with Gasteiger partial charge in [0, 0.05) is 79.1 Å². The summed E-state index contributed by atoms with van der Waals surface area (Å²) in [5, 5.41) is 0. The van der Waals surface area contributed by atoms with Gasteiger partial charge in [-0.1, -0.05) is 105 Å². The monoisotopic (exact) mass is 1040 g/mol. The van der Waals surface area contributed by atoms with Crippen molar-refractivity contribution in [1.82, 2.24) is 24.5 Å². The zero-order valence-electron chi connectivity index (χ0n) is 37.1. The number of imidazole rings is 1. The van der Waals surface area contributed by atoms with Crippen molar-refractivity contribution in [1.29, 1.82) is 0 Å². The first-order valence-corrected chi connectivity index (χ1v) is 22.6. The molecule has 3 aliphatic carbocycles. The normalized spacial score (nSPS) is 19.2. The van der Waals surface area contributed by atoms with Crippen LogP contribution in [0.5, 0.6) is 0 Å². The third-order valence-corrected chi connectivity index (χ3v) is 14.5. The molecule has 0 aliphatic heterocycles. The predicted octanol–water partition coefficient (Wildman–Crippen LogP) is 11.0. The molecule has 3 aliphatic rings. The van der Waals surface area contributed by atoms with Gasteiger partial charge in [-0.05, 0) is 76.5 Å². The smallest absolute Gasteiger partial charge is 0.204 e. The number of fused-ring (bicyclic) bond motifs is 9. The van der Waals surface area contributed by atoms with E-state index < -0.39 is 16.4 Å². The Kier molecular flexibility index (Phi) is 9.40. The third kappa shape index (κ3) is 5.45. The van der Waals surface area contributed by atoms with Gasteiger partial charge in [-0.2, -0.15) is 48.5 Å². The molecule has 3 unspecified atom stereocenters. The van der Waals surface area contributed by atoms with E-state index >= 15 is 0 Å². The quantitative estimate of drug-likeness (QED) is 0.118. The van der Waals surface area contributed by atoms with E-state index in [2.05, 4.69) is 201 Å². The molecule has 0 amide bonds. The van der Waals surface area contributed by atoms with Gasteiger partial charge in [0.15, 0.2) is 0 Å². The summed E-state index contributed by atoms with van der Waals surface area (Å²) in [6.45, 7) is 4.48. The number of hydrogen-bond acceptors (Lipinski definition) is 4. The van der Waals surface area contributed by atoms with E-state index in [1.807, 2.05) is 42.5 Å². The minimum Gasteiger partial charge on any atom is -0.354 e. The van der Waals surface area contributed by atoms with Crippen LogP contribution in [-0.4, -0.2) is 24.5 Å². The molecule has 5 heterocycles. The fourth-order valence-electron chi connectivity index (χ4n) is 11.7. The molecule has 0 spiro atoms. The Morgan fingerprint density at radius 2 is 0.955 bits per heavy atom. The molecule has 0 saturated heterocycles. The summed E-state index contributed by atoms with van der Waals surface area (Å²) >= 11 is 0. The van der Waals surface area contributed by atoms with Crippen molar-refractivity contribution in [2.24, 2.45) is 7.05 Å². The van der Waals surface area contributed by atoms with Crippen molar-refractivity contribution in [2.45, 2.75) is 36.1 Å². The van der Waals surface area contributed by atoms with Gasteiger partial charge in [-0.25, -0.2) is 0 Å². The summed E-state index contributed by atoms with van der Waals surface area (Å²) < 4.78 is 4.19. The Bertz CT molecular complexity index is 3450. The predicted molar refractivity (Wildman–Crippen MR) is 256 cm³/mol. The largest absolute Gasteiger partial charge is 0.354 e. The van der Waals surface area contributed by atoms with Crippen LogP contribution in [0.4, 0.5) is 0 Å². The average molecular weight is 1040 g/mol. The molecule has 324 valence electrons. The van der Waals surface area contributed by atoms with E-state index in [1.165, 1.54) is 5.56 Å². The molecular formula is C60H42N6Pt-2. The molecule has 5 aromatic carbocycles. The minimum absolute atomic E-state index is 0. The maximum absolute atomic E-state index is 5.28. The Balaban J connectivity index is 0.00000468. The molecule has 6 nitrogen and oxygen atoms in total. The van der Waals surface area contributed by atoms with Crippen molar-refractivity contribution in [3.8, 4) is 33.8 Å². The topological polar surface area (TPSA) is 60.4 Å².